The number of non-ortho nitro benzene ring substituents is 1. The molecule has 6 nitrogen and oxygen atoms in total. The van der Waals surface area contributed by atoms with Crippen molar-refractivity contribution in [1.29, 1.82) is 0 Å². The largest absolute Gasteiger partial charge is 0.373 e. The number of aryl methyl sites for hydroxylation is 1. The zero-order valence-corrected chi connectivity index (χ0v) is 12.2. The van der Waals surface area contributed by atoms with E-state index in [1.165, 1.54) is 23.9 Å². The van der Waals surface area contributed by atoms with Crippen molar-refractivity contribution in [2.45, 2.75) is 23.9 Å². The fourth-order valence-electron chi connectivity index (χ4n) is 1.63. The van der Waals surface area contributed by atoms with Crippen LogP contribution in [0.15, 0.2) is 34.3 Å². The lowest BCUT2D eigenvalue weighted by atomic mass is 10.2. The maximum Gasteiger partial charge on any atom is 0.269 e. The zero-order valence-electron chi connectivity index (χ0n) is 11.4. The second-order valence-electron chi connectivity index (χ2n) is 4.17. The maximum atomic E-state index is 10.6. The Morgan fingerprint density at radius 3 is 2.40 bits per heavy atom. The maximum absolute atomic E-state index is 10.6. The summed E-state index contributed by atoms with van der Waals surface area (Å²) < 4.78 is 0. The fourth-order valence-corrected chi connectivity index (χ4v) is 2.44. The lowest BCUT2D eigenvalue weighted by molar-refractivity contribution is -0.384. The average molecular weight is 290 g/mol. The molecule has 1 heterocycles. The third kappa shape index (κ3) is 3.05. The van der Waals surface area contributed by atoms with E-state index >= 15 is 0 Å². The van der Waals surface area contributed by atoms with Crippen LogP contribution in [0.5, 0.6) is 0 Å². The van der Waals surface area contributed by atoms with E-state index in [4.69, 9.17) is 0 Å². The smallest absolute Gasteiger partial charge is 0.269 e. The third-order valence-corrected chi connectivity index (χ3v) is 3.74. The van der Waals surface area contributed by atoms with Gasteiger partial charge in [-0.05, 0) is 37.7 Å². The summed E-state index contributed by atoms with van der Waals surface area (Å²) in [6.45, 7) is 3.89. The van der Waals surface area contributed by atoms with Crippen LogP contribution < -0.4 is 5.32 Å². The molecule has 2 aromatic rings. The molecule has 7 heteroatoms. The Hall–Kier alpha value is -2.15. The molecule has 0 saturated carbocycles. The SMILES string of the molecule is CNc1nc(Sc2ccc([N+](=O)[O-])cc2)nc(C)c1C. The molecule has 0 aliphatic heterocycles. The molecule has 104 valence electrons. The van der Waals surface area contributed by atoms with Crippen LogP contribution in [-0.4, -0.2) is 21.9 Å². The highest BCUT2D eigenvalue weighted by atomic mass is 32.2. The van der Waals surface area contributed by atoms with Crippen molar-refractivity contribution >= 4 is 23.3 Å². The standard InChI is InChI=1S/C13H14N4O2S/c1-8-9(2)15-13(16-12(8)14-3)20-11-6-4-10(5-7-11)17(18)19/h4-7H,1-3H3,(H,14,15,16). The first kappa shape index (κ1) is 14.3. The van der Waals surface area contributed by atoms with Gasteiger partial charge >= 0.3 is 0 Å². The Balaban J connectivity index is 2.25. The van der Waals surface area contributed by atoms with Gasteiger partial charge in [0.25, 0.3) is 5.69 Å². The minimum atomic E-state index is -0.417. The molecule has 0 spiro atoms. The first-order valence-electron chi connectivity index (χ1n) is 5.96. The normalized spacial score (nSPS) is 10.3. The number of nitro groups is 1. The van der Waals surface area contributed by atoms with Gasteiger partial charge in [0.2, 0.25) is 0 Å². The lowest BCUT2D eigenvalue weighted by Crippen LogP contribution is -2.01. The first-order chi connectivity index (χ1) is 9.51. The van der Waals surface area contributed by atoms with Gasteiger partial charge in [0.1, 0.15) is 5.82 Å². The summed E-state index contributed by atoms with van der Waals surface area (Å²) in [5.41, 5.74) is 2.00. The van der Waals surface area contributed by atoms with Gasteiger partial charge in [0.15, 0.2) is 5.16 Å². The molecule has 0 aliphatic carbocycles. The molecule has 0 bridgehead atoms. The lowest BCUT2D eigenvalue weighted by Gasteiger charge is -2.09. The molecule has 0 radical (unpaired) electrons. The van der Waals surface area contributed by atoms with Crippen LogP contribution in [0.2, 0.25) is 0 Å². The van der Waals surface area contributed by atoms with Crippen molar-refractivity contribution in [1.82, 2.24) is 9.97 Å². The molecule has 0 unspecified atom stereocenters. The van der Waals surface area contributed by atoms with E-state index in [0.29, 0.717) is 5.16 Å². The van der Waals surface area contributed by atoms with Crippen LogP contribution in [0, 0.1) is 24.0 Å². The van der Waals surface area contributed by atoms with Crippen molar-refractivity contribution < 1.29 is 4.92 Å². The summed E-state index contributed by atoms with van der Waals surface area (Å²) in [5, 5.41) is 14.3. The molecule has 0 aliphatic rings. The van der Waals surface area contributed by atoms with Crippen LogP contribution in [-0.2, 0) is 0 Å². The van der Waals surface area contributed by atoms with Gasteiger partial charge < -0.3 is 5.32 Å². The predicted octanol–water partition coefficient (Wildman–Crippen LogP) is 3.19. The monoisotopic (exact) mass is 290 g/mol. The van der Waals surface area contributed by atoms with Gasteiger partial charge in [0.05, 0.1) is 4.92 Å². The minimum Gasteiger partial charge on any atom is -0.373 e. The zero-order chi connectivity index (χ0) is 14.7. The van der Waals surface area contributed by atoms with E-state index in [0.717, 1.165) is 22.0 Å². The van der Waals surface area contributed by atoms with Gasteiger partial charge in [-0.25, -0.2) is 9.97 Å². The molecule has 0 atom stereocenters. The van der Waals surface area contributed by atoms with Crippen LogP contribution in [0.4, 0.5) is 11.5 Å². The van der Waals surface area contributed by atoms with Crippen LogP contribution in [0.25, 0.3) is 0 Å². The van der Waals surface area contributed by atoms with Gasteiger partial charge in [0, 0.05) is 35.3 Å². The number of aromatic nitrogens is 2. The average Bonchev–Trinajstić information content (AvgIpc) is 2.43. The fraction of sp³-hybridized carbons (Fsp3) is 0.231. The summed E-state index contributed by atoms with van der Waals surface area (Å²) in [7, 11) is 1.81. The Kier molecular flexibility index (Phi) is 4.19. The van der Waals surface area contributed by atoms with Crippen molar-refractivity contribution in [3.8, 4) is 0 Å². The summed E-state index contributed by atoms with van der Waals surface area (Å²) >= 11 is 1.38. The number of nitrogens with zero attached hydrogens (tertiary/aromatic N) is 3. The quantitative estimate of drug-likeness (QED) is 0.529. The van der Waals surface area contributed by atoms with E-state index < -0.39 is 4.92 Å². The van der Waals surface area contributed by atoms with Crippen molar-refractivity contribution in [2.24, 2.45) is 0 Å². The number of nitrogens with one attached hydrogen (secondary N) is 1. The summed E-state index contributed by atoms with van der Waals surface area (Å²) in [5.74, 6) is 0.793. The first-order valence-corrected chi connectivity index (χ1v) is 6.78. The highest BCUT2D eigenvalue weighted by molar-refractivity contribution is 7.99. The van der Waals surface area contributed by atoms with Crippen LogP contribution >= 0.6 is 11.8 Å². The second-order valence-corrected chi connectivity index (χ2v) is 5.21. The Morgan fingerprint density at radius 1 is 1.20 bits per heavy atom. The Morgan fingerprint density at radius 2 is 1.85 bits per heavy atom. The molecular formula is C13H14N4O2S. The molecule has 0 amide bonds. The number of benzene rings is 1. The van der Waals surface area contributed by atoms with Crippen LogP contribution in [0.1, 0.15) is 11.3 Å². The number of hydrogen-bond donors (Lipinski definition) is 1. The van der Waals surface area contributed by atoms with E-state index in [1.54, 1.807) is 12.1 Å². The highest BCUT2D eigenvalue weighted by Crippen LogP contribution is 2.28. The van der Waals surface area contributed by atoms with Crippen molar-refractivity contribution in [2.75, 3.05) is 12.4 Å². The van der Waals surface area contributed by atoms with Gasteiger partial charge in [-0.2, -0.15) is 0 Å². The number of rotatable bonds is 4. The Labute approximate surface area is 120 Å². The van der Waals surface area contributed by atoms with E-state index in [1.807, 2.05) is 20.9 Å². The number of nitro benzene ring substituents is 1. The summed E-state index contributed by atoms with van der Waals surface area (Å²) in [6, 6.07) is 6.34. The molecule has 1 aromatic carbocycles. The third-order valence-electron chi connectivity index (χ3n) is 2.86. The highest BCUT2D eigenvalue weighted by Gasteiger charge is 2.09. The molecule has 1 aromatic heterocycles. The van der Waals surface area contributed by atoms with E-state index in [2.05, 4.69) is 15.3 Å². The molecule has 20 heavy (non-hydrogen) atoms. The van der Waals surface area contributed by atoms with Crippen LogP contribution in [0.3, 0.4) is 0 Å². The van der Waals surface area contributed by atoms with Gasteiger partial charge in [-0.15, -0.1) is 0 Å². The van der Waals surface area contributed by atoms with Crippen molar-refractivity contribution in [3.05, 3.63) is 45.6 Å². The number of hydrogen-bond acceptors (Lipinski definition) is 6. The predicted molar refractivity (Wildman–Crippen MR) is 78.3 cm³/mol. The summed E-state index contributed by atoms with van der Waals surface area (Å²) in [4.78, 5) is 19.9. The molecule has 0 saturated heterocycles. The topological polar surface area (TPSA) is 81.0 Å². The molecule has 1 N–H and O–H groups in total. The van der Waals surface area contributed by atoms with E-state index in [-0.39, 0.29) is 5.69 Å². The van der Waals surface area contributed by atoms with Gasteiger partial charge in [-0.3, -0.25) is 10.1 Å². The summed E-state index contributed by atoms with van der Waals surface area (Å²) in [6.07, 6.45) is 0. The number of anilines is 1. The second kappa shape index (κ2) is 5.87. The molecular weight excluding hydrogens is 276 g/mol. The Bertz CT molecular complexity index is 644. The van der Waals surface area contributed by atoms with Gasteiger partial charge in [-0.1, -0.05) is 0 Å². The van der Waals surface area contributed by atoms with Crippen molar-refractivity contribution in [3.63, 3.8) is 0 Å². The molecule has 2 rings (SSSR count). The minimum absolute atomic E-state index is 0.0752. The van der Waals surface area contributed by atoms with E-state index in [9.17, 15) is 10.1 Å². The molecule has 0 fully saturated rings.